The Labute approximate surface area is 383 Å². The Kier molecular flexibility index (Phi) is 9.11. The highest BCUT2D eigenvalue weighted by molar-refractivity contribution is 7.26. The van der Waals surface area contributed by atoms with Crippen molar-refractivity contribution in [1.29, 1.82) is 0 Å². The summed E-state index contributed by atoms with van der Waals surface area (Å²) in [7, 11) is 0. The molecule has 0 bridgehead atoms. The molecule has 0 amide bonds. The maximum absolute atomic E-state index is 2.71. The molecule has 0 radical (unpaired) electrons. The van der Waals surface area contributed by atoms with E-state index >= 15 is 0 Å². The second kappa shape index (κ2) is 14.9. The maximum atomic E-state index is 2.71. The Morgan fingerprint density at radius 1 is 0.547 bits per heavy atom. The molecule has 0 fully saturated rings. The van der Waals surface area contributed by atoms with E-state index in [0.717, 1.165) is 6.42 Å². The van der Waals surface area contributed by atoms with E-state index in [0.29, 0.717) is 0 Å². The molecule has 1 aromatic heterocycles. The summed E-state index contributed by atoms with van der Waals surface area (Å²) < 4.78 is 2.63. The summed E-state index contributed by atoms with van der Waals surface area (Å²) in [6.07, 6.45) is 5.74. The summed E-state index contributed by atoms with van der Waals surface area (Å²) in [6.45, 7) is 12.1. The Morgan fingerprint density at radius 2 is 1.22 bits per heavy atom. The molecule has 0 saturated carbocycles. The highest BCUT2D eigenvalue weighted by Crippen LogP contribution is 2.55. The van der Waals surface area contributed by atoms with Gasteiger partial charge in [-0.2, -0.15) is 0 Å². The molecule has 0 spiro atoms. The first-order chi connectivity index (χ1) is 31.2. The number of unbranched alkanes of at least 4 members (excludes halogenated alkanes) is 1. The van der Waals surface area contributed by atoms with Gasteiger partial charge in [-0.25, -0.2) is 0 Å². The number of fused-ring (bicyclic) bond motifs is 9. The van der Waals surface area contributed by atoms with E-state index in [4.69, 9.17) is 0 Å². The molecule has 3 heterocycles. The predicted octanol–water partition coefficient (Wildman–Crippen LogP) is 15.8. The van der Waals surface area contributed by atoms with Crippen LogP contribution in [0.15, 0.2) is 170 Å². The van der Waals surface area contributed by atoms with Crippen LogP contribution in [0.3, 0.4) is 0 Å². The van der Waals surface area contributed by atoms with Gasteiger partial charge < -0.3 is 9.71 Å². The largest absolute Gasteiger partial charge is 0.376 e. The number of anilines is 5. The number of hydrogen-bond acceptors (Lipinski definition) is 3. The fourth-order valence-electron chi connectivity index (χ4n) is 11.4. The van der Waals surface area contributed by atoms with Crippen LogP contribution in [-0.2, 0) is 17.3 Å². The zero-order chi connectivity index (χ0) is 43.3. The smallest absolute Gasteiger partial charge is 0.333 e. The Bertz CT molecular complexity index is 3270. The summed E-state index contributed by atoms with van der Waals surface area (Å²) >= 11 is 1.91. The lowest BCUT2D eigenvalue weighted by molar-refractivity contribution is 0.332. The van der Waals surface area contributed by atoms with E-state index in [2.05, 4.69) is 214 Å². The number of rotatable bonds is 7. The zero-order valence-electron chi connectivity index (χ0n) is 37.6. The average Bonchev–Trinajstić information content (AvgIpc) is 3.72. The Balaban J connectivity index is 1.27. The van der Waals surface area contributed by atoms with Crippen LogP contribution in [0, 0.1) is 0 Å². The van der Waals surface area contributed by atoms with Gasteiger partial charge in [0.05, 0.1) is 11.4 Å². The molecule has 0 atom stereocenters. The fourth-order valence-corrected chi connectivity index (χ4v) is 12.5. The van der Waals surface area contributed by atoms with Gasteiger partial charge in [-0.1, -0.05) is 150 Å². The van der Waals surface area contributed by atoms with E-state index in [-0.39, 0.29) is 17.7 Å². The van der Waals surface area contributed by atoms with Gasteiger partial charge in [0.1, 0.15) is 0 Å². The minimum Gasteiger partial charge on any atom is -0.376 e. The lowest BCUT2D eigenvalue weighted by Crippen LogP contribution is -2.61. The first-order valence-electron chi connectivity index (χ1n) is 23.4. The van der Waals surface area contributed by atoms with Gasteiger partial charge in [0.15, 0.2) is 0 Å². The van der Waals surface area contributed by atoms with Crippen LogP contribution in [0.25, 0.3) is 53.6 Å². The van der Waals surface area contributed by atoms with Crippen molar-refractivity contribution in [1.82, 2.24) is 0 Å². The molecule has 64 heavy (non-hydrogen) atoms. The highest BCUT2D eigenvalue weighted by atomic mass is 32.1. The lowest BCUT2D eigenvalue weighted by Gasteiger charge is -2.48. The molecule has 0 N–H and O–H groups in total. The van der Waals surface area contributed by atoms with Crippen molar-refractivity contribution >= 4 is 77.7 Å². The molecule has 9 aromatic rings. The van der Waals surface area contributed by atoms with Crippen molar-refractivity contribution in [3.8, 4) is 33.4 Å². The third kappa shape index (κ3) is 6.06. The van der Waals surface area contributed by atoms with Crippen molar-refractivity contribution < 1.29 is 0 Å². The van der Waals surface area contributed by atoms with E-state index in [1.165, 1.54) is 135 Å². The van der Waals surface area contributed by atoms with Gasteiger partial charge in [0.25, 0.3) is 0 Å². The van der Waals surface area contributed by atoms with Crippen LogP contribution in [-0.4, -0.2) is 6.85 Å². The van der Waals surface area contributed by atoms with Gasteiger partial charge in [0, 0.05) is 48.4 Å². The van der Waals surface area contributed by atoms with E-state index in [9.17, 15) is 0 Å². The topological polar surface area (TPSA) is 6.48 Å². The number of para-hydroxylation sites is 1. The molecule has 2 nitrogen and oxygen atoms in total. The highest BCUT2D eigenvalue weighted by Gasteiger charge is 2.48. The molecular weight excluding hydrogens is 792 g/mol. The van der Waals surface area contributed by atoms with Crippen LogP contribution in [0.4, 0.5) is 28.4 Å². The van der Waals surface area contributed by atoms with Gasteiger partial charge >= 0.3 is 6.85 Å². The molecule has 0 saturated heterocycles. The second-order valence-electron chi connectivity index (χ2n) is 19.7. The second-order valence-corrected chi connectivity index (χ2v) is 20.8. The summed E-state index contributed by atoms with van der Waals surface area (Å²) in [5.74, 6) is 0. The lowest BCUT2D eigenvalue weighted by atomic mass is 9.43. The molecule has 312 valence electrons. The number of nitrogens with zero attached hydrogens (tertiary/aromatic N) is 2. The first kappa shape index (κ1) is 39.3. The minimum absolute atomic E-state index is 0.0553. The van der Waals surface area contributed by atoms with Crippen molar-refractivity contribution in [3.05, 3.63) is 187 Å². The molecule has 12 rings (SSSR count). The van der Waals surface area contributed by atoms with Crippen molar-refractivity contribution in [3.63, 3.8) is 0 Å². The number of aryl methyl sites for hydroxylation is 1. The minimum atomic E-state index is -0.0826. The van der Waals surface area contributed by atoms with Crippen LogP contribution in [0.1, 0.15) is 77.0 Å². The van der Waals surface area contributed by atoms with E-state index in [1.807, 2.05) is 11.3 Å². The molecule has 2 aliphatic heterocycles. The number of hydrogen-bond donors (Lipinski definition) is 0. The molecule has 3 aliphatic rings. The fraction of sp³-hybridized carbons (Fsp3) is 0.200. The SMILES string of the molecule is CCCCc1ccc(N2c3cc(-c4ccccc4)cc4c3B(c3ccc5sc6ccccc6c5c32)N(c2ccccc2)c2cc3c(cc2-4)C(C)(C)CCC3(C)C)c(-c2ccccc2)c1. The van der Waals surface area contributed by atoms with Crippen LogP contribution >= 0.6 is 11.3 Å². The van der Waals surface area contributed by atoms with Gasteiger partial charge in [-0.05, 0) is 147 Å². The molecule has 0 unspecified atom stereocenters. The van der Waals surface area contributed by atoms with Crippen molar-refractivity contribution in [2.75, 3.05) is 9.71 Å². The summed E-state index contributed by atoms with van der Waals surface area (Å²) in [6, 6.07) is 65.0. The van der Waals surface area contributed by atoms with Crippen molar-refractivity contribution in [2.45, 2.75) is 77.6 Å². The normalized spacial score (nSPS) is 15.5. The number of thiophene rings is 1. The molecule has 1 aliphatic carbocycles. The van der Waals surface area contributed by atoms with Gasteiger partial charge in [0.2, 0.25) is 0 Å². The Morgan fingerprint density at radius 3 is 1.95 bits per heavy atom. The Hall–Kier alpha value is -6.36. The zero-order valence-corrected chi connectivity index (χ0v) is 38.4. The standard InChI is InChI=1S/C60H53BN2S/c1-6-7-19-39-28-30-51(45(34-39)41-22-13-9-14-23-41)62-53-36-42(40-20-11-8-12-21-40)35-47-46-37-48-49(60(4,5)33-32-59(48,2)3)38-52(46)63(43-24-15-10-16-25-43)61(57(47)53)50-29-31-55-56(58(50)62)44-26-17-18-27-54(44)64-55/h8-18,20-31,34-38H,6-7,19,32-33H2,1-5H3. The maximum Gasteiger partial charge on any atom is 0.333 e. The monoisotopic (exact) mass is 844 g/mol. The van der Waals surface area contributed by atoms with E-state index < -0.39 is 0 Å². The van der Waals surface area contributed by atoms with Crippen LogP contribution in [0.2, 0.25) is 0 Å². The quantitative estimate of drug-likeness (QED) is 0.148. The number of benzene rings is 8. The molecular formula is C60H53BN2S. The van der Waals surface area contributed by atoms with E-state index in [1.54, 1.807) is 0 Å². The average molecular weight is 845 g/mol. The summed E-state index contributed by atoms with van der Waals surface area (Å²) in [4.78, 5) is 5.41. The van der Waals surface area contributed by atoms with Crippen LogP contribution < -0.4 is 20.6 Å². The molecule has 8 aromatic carbocycles. The third-order valence-corrected chi connectivity index (χ3v) is 16.0. The summed E-state index contributed by atoms with van der Waals surface area (Å²) in [5, 5.41) is 2.64. The first-order valence-corrected chi connectivity index (χ1v) is 24.2. The third-order valence-electron chi connectivity index (χ3n) is 14.9. The van der Waals surface area contributed by atoms with Gasteiger partial charge in [-0.15, -0.1) is 11.3 Å². The van der Waals surface area contributed by atoms with Crippen LogP contribution in [0.5, 0.6) is 0 Å². The summed E-state index contributed by atoms with van der Waals surface area (Å²) in [5.41, 5.74) is 21.0. The van der Waals surface area contributed by atoms with Gasteiger partial charge in [-0.3, -0.25) is 0 Å². The van der Waals surface area contributed by atoms with Crippen molar-refractivity contribution in [2.24, 2.45) is 0 Å². The predicted molar refractivity (Wildman–Crippen MR) is 278 cm³/mol. The molecule has 4 heteroatoms.